The van der Waals surface area contributed by atoms with Gasteiger partial charge in [-0.15, -0.1) is 0 Å². The van der Waals surface area contributed by atoms with Gasteiger partial charge in [0.15, 0.2) is 0 Å². The van der Waals surface area contributed by atoms with Gasteiger partial charge in [-0.25, -0.2) is 0 Å². The third-order valence-corrected chi connectivity index (χ3v) is 6.55. The van der Waals surface area contributed by atoms with Gasteiger partial charge >= 0.3 is 0 Å². The van der Waals surface area contributed by atoms with E-state index < -0.39 is 0 Å². The normalized spacial score (nSPS) is 19.4. The molecule has 1 N–H and O–H groups in total. The first-order valence-corrected chi connectivity index (χ1v) is 10.6. The second-order valence-corrected chi connectivity index (χ2v) is 8.84. The Morgan fingerprint density at radius 2 is 1.90 bits per heavy atom. The van der Waals surface area contributed by atoms with Crippen molar-refractivity contribution in [3.8, 4) is 0 Å². The number of hydrogen-bond acceptors (Lipinski definition) is 4. The Labute approximate surface area is 178 Å². The predicted octanol–water partition coefficient (Wildman–Crippen LogP) is 3.01. The second-order valence-electron chi connectivity index (χ2n) is 8.84. The topological polar surface area (TPSA) is 65.5 Å². The highest BCUT2D eigenvalue weighted by atomic mass is 16.2. The van der Waals surface area contributed by atoms with Gasteiger partial charge in [0.05, 0.1) is 12.2 Å². The molecule has 1 aromatic carbocycles. The summed E-state index contributed by atoms with van der Waals surface area (Å²) in [4.78, 5) is 34.0. The van der Waals surface area contributed by atoms with Gasteiger partial charge in [-0.05, 0) is 61.9 Å². The molecule has 158 valence electrons. The summed E-state index contributed by atoms with van der Waals surface area (Å²) in [7, 11) is 3.95. The number of rotatable bonds is 5. The number of carbonyl (C=O) groups excluding carboxylic acids is 2. The molecule has 0 bridgehead atoms. The lowest BCUT2D eigenvalue weighted by molar-refractivity contribution is -0.123. The maximum absolute atomic E-state index is 12.9. The largest absolute Gasteiger partial charge is 0.378 e. The van der Waals surface area contributed by atoms with Gasteiger partial charge in [-0.1, -0.05) is 12.1 Å². The van der Waals surface area contributed by atoms with Gasteiger partial charge in [0.25, 0.3) is 5.91 Å². The molecule has 1 atom stereocenters. The average molecular weight is 407 g/mol. The molecule has 1 spiro atoms. The summed E-state index contributed by atoms with van der Waals surface area (Å²) in [5, 5.41) is 3.05. The molecule has 1 saturated heterocycles. The Morgan fingerprint density at radius 1 is 1.17 bits per heavy atom. The van der Waals surface area contributed by atoms with Crippen LogP contribution in [0.3, 0.4) is 0 Å². The Hall–Kier alpha value is -2.89. The van der Waals surface area contributed by atoms with Crippen molar-refractivity contribution in [3.05, 3.63) is 59.4 Å². The Bertz CT molecular complexity index is 948. The highest BCUT2D eigenvalue weighted by Gasteiger charge is 2.58. The molecule has 2 fully saturated rings. The van der Waals surface area contributed by atoms with Crippen molar-refractivity contribution in [3.63, 3.8) is 0 Å². The maximum atomic E-state index is 12.9. The van der Waals surface area contributed by atoms with Crippen molar-refractivity contribution in [1.29, 1.82) is 0 Å². The van der Waals surface area contributed by atoms with Crippen LogP contribution in [-0.2, 0) is 11.3 Å². The first-order valence-electron chi connectivity index (χ1n) is 10.6. The average Bonchev–Trinajstić information content (AvgIpc) is 3.45. The van der Waals surface area contributed by atoms with Gasteiger partial charge in [-0.3, -0.25) is 14.6 Å². The molecule has 0 unspecified atom stereocenters. The first-order chi connectivity index (χ1) is 14.4. The number of amides is 2. The number of aryl methyl sites for hydroxylation is 1. The van der Waals surface area contributed by atoms with Crippen LogP contribution in [0.2, 0.25) is 0 Å². The van der Waals surface area contributed by atoms with Crippen LogP contribution in [0.25, 0.3) is 0 Å². The lowest BCUT2D eigenvalue weighted by Gasteiger charge is -2.33. The van der Waals surface area contributed by atoms with E-state index in [0.717, 1.165) is 41.9 Å². The van der Waals surface area contributed by atoms with Crippen LogP contribution in [0.15, 0.2) is 42.5 Å². The zero-order valence-corrected chi connectivity index (χ0v) is 18.0. The number of carbonyl (C=O) groups is 2. The molecule has 6 nitrogen and oxygen atoms in total. The molecule has 2 heterocycles. The lowest BCUT2D eigenvalue weighted by Crippen LogP contribution is -2.40. The number of nitrogens with one attached hydrogen (secondary N) is 1. The van der Waals surface area contributed by atoms with Crippen LogP contribution in [0, 0.1) is 18.3 Å². The minimum absolute atomic E-state index is 0.0663. The number of pyridine rings is 1. The number of benzene rings is 1. The van der Waals surface area contributed by atoms with Crippen molar-refractivity contribution in [2.24, 2.45) is 11.3 Å². The van der Waals surface area contributed by atoms with Crippen LogP contribution in [0.4, 0.5) is 5.69 Å². The highest BCUT2D eigenvalue weighted by molar-refractivity contribution is 5.95. The fourth-order valence-corrected chi connectivity index (χ4v) is 4.52. The zero-order valence-electron chi connectivity index (χ0n) is 18.0. The van der Waals surface area contributed by atoms with E-state index in [-0.39, 0.29) is 23.1 Å². The molecule has 30 heavy (non-hydrogen) atoms. The lowest BCUT2D eigenvalue weighted by atomic mass is 9.90. The summed E-state index contributed by atoms with van der Waals surface area (Å²) >= 11 is 0. The molecule has 2 amide bonds. The predicted molar refractivity (Wildman–Crippen MR) is 117 cm³/mol. The smallest absolute Gasteiger partial charge is 0.253 e. The van der Waals surface area contributed by atoms with Crippen LogP contribution in [0.1, 0.15) is 41.0 Å². The molecule has 1 saturated carbocycles. The van der Waals surface area contributed by atoms with E-state index in [1.807, 2.05) is 73.3 Å². The molecule has 4 rings (SSSR count). The van der Waals surface area contributed by atoms with Crippen LogP contribution in [0.5, 0.6) is 0 Å². The van der Waals surface area contributed by atoms with Crippen LogP contribution < -0.4 is 10.2 Å². The number of hydrogen-bond donors (Lipinski definition) is 1. The summed E-state index contributed by atoms with van der Waals surface area (Å²) in [5.74, 6) is 0.272. The molecule has 2 aliphatic rings. The van der Waals surface area contributed by atoms with Crippen molar-refractivity contribution >= 4 is 17.5 Å². The summed E-state index contributed by atoms with van der Waals surface area (Å²) in [5.41, 5.74) is 3.67. The van der Waals surface area contributed by atoms with E-state index >= 15 is 0 Å². The summed E-state index contributed by atoms with van der Waals surface area (Å²) in [6.45, 7) is 3.86. The van der Waals surface area contributed by atoms with Gasteiger partial charge in [-0.2, -0.15) is 0 Å². The monoisotopic (exact) mass is 406 g/mol. The number of piperidine rings is 1. The van der Waals surface area contributed by atoms with Crippen LogP contribution in [-0.4, -0.2) is 48.9 Å². The van der Waals surface area contributed by atoms with Crippen molar-refractivity contribution < 1.29 is 9.59 Å². The fraction of sp³-hybridized carbons (Fsp3) is 0.458. The quantitative estimate of drug-likeness (QED) is 0.829. The first kappa shape index (κ1) is 20.4. The molecule has 0 radical (unpaired) electrons. The number of anilines is 1. The summed E-state index contributed by atoms with van der Waals surface area (Å²) in [6.07, 6.45) is 2.72. The number of likely N-dealkylation sites (tertiary alicyclic amines) is 1. The van der Waals surface area contributed by atoms with E-state index in [1.165, 1.54) is 0 Å². The Balaban J connectivity index is 1.30. The van der Waals surface area contributed by atoms with E-state index in [0.29, 0.717) is 19.6 Å². The minimum Gasteiger partial charge on any atom is -0.378 e. The zero-order chi connectivity index (χ0) is 21.3. The van der Waals surface area contributed by atoms with Gasteiger partial charge in [0, 0.05) is 50.0 Å². The minimum atomic E-state index is 0.0663. The van der Waals surface area contributed by atoms with E-state index in [4.69, 9.17) is 0 Å². The molecule has 1 aromatic heterocycles. The van der Waals surface area contributed by atoms with Gasteiger partial charge < -0.3 is 15.1 Å². The molecule has 2 aromatic rings. The van der Waals surface area contributed by atoms with Crippen molar-refractivity contribution in [2.45, 2.75) is 32.7 Å². The van der Waals surface area contributed by atoms with Crippen molar-refractivity contribution in [1.82, 2.24) is 15.2 Å². The fourth-order valence-electron chi connectivity index (χ4n) is 4.52. The third kappa shape index (κ3) is 4.18. The summed E-state index contributed by atoms with van der Waals surface area (Å²) in [6, 6.07) is 13.6. The molecular formula is C24H30N4O2. The third-order valence-electron chi connectivity index (χ3n) is 6.55. The van der Waals surface area contributed by atoms with Crippen molar-refractivity contribution in [2.75, 3.05) is 32.1 Å². The highest BCUT2D eigenvalue weighted by Crippen LogP contribution is 2.59. The number of nitrogens with zero attached hydrogens (tertiary/aromatic N) is 3. The maximum Gasteiger partial charge on any atom is 0.253 e. The Kier molecular flexibility index (Phi) is 5.50. The second kappa shape index (κ2) is 8.09. The number of aromatic nitrogens is 1. The Morgan fingerprint density at radius 3 is 2.60 bits per heavy atom. The SMILES string of the molecule is Cc1cccc(CNC(=O)[C@@H]2CC23CCN(C(=O)c2cccc(N(C)C)c2)CC3)n1. The standard InChI is InChI=1S/C24H30N4O2/c1-17-6-4-8-19(26-17)16-25-22(29)21-15-24(21)10-12-28(13-11-24)23(30)18-7-5-9-20(14-18)27(2)3/h4-9,14,21H,10-13,15-16H2,1-3H3,(H,25,29)/t21-/m0/s1. The summed E-state index contributed by atoms with van der Waals surface area (Å²) < 4.78 is 0. The molecular weight excluding hydrogens is 376 g/mol. The molecule has 1 aliphatic heterocycles. The molecule has 1 aliphatic carbocycles. The van der Waals surface area contributed by atoms with E-state index in [9.17, 15) is 9.59 Å². The molecule has 6 heteroatoms. The van der Waals surface area contributed by atoms with Gasteiger partial charge in [0.2, 0.25) is 5.91 Å². The van der Waals surface area contributed by atoms with E-state index in [1.54, 1.807) is 0 Å². The van der Waals surface area contributed by atoms with Gasteiger partial charge in [0.1, 0.15) is 0 Å². The van der Waals surface area contributed by atoms with Crippen LogP contribution >= 0.6 is 0 Å². The van der Waals surface area contributed by atoms with E-state index in [2.05, 4.69) is 10.3 Å².